The fraction of sp³-hybridized carbons (Fsp3) is 0.579. The molecule has 28 heavy (non-hydrogen) atoms. The number of hydrogen-bond donors (Lipinski definition) is 2. The Morgan fingerprint density at radius 1 is 1.32 bits per heavy atom. The number of sulfonamides is 1. The van der Waals surface area contributed by atoms with Crippen molar-refractivity contribution in [2.75, 3.05) is 39.8 Å². The van der Waals surface area contributed by atoms with Crippen LogP contribution >= 0.6 is 0 Å². The molecule has 0 saturated carbocycles. The van der Waals surface area contributed by atoms with Gasteiger partial charge in [0.25, 0.3) is 5.91 Å². The maximum atomic E-state index is 12.8. The lowest BCUT2D eigenvalue weighted by Crippen LogP contribution is -3.16. The van der Waals surface area contributed by atoms with Crippen LogP contribution in [-0.4, -0.2) is 64.0 Å². The van der Waals surface area contributed by atoms with Crippen LogP contribution in [0.15, 0.2) is 29.2 Å². The third kappa shape index (κ3) is 5.01. The minimum Gasteiger partial charge on any atom is -0.497 e. The molecule has 0 spiro atoms. The maximum Gasteiger partial charge on any atom is 0.276 e. The highest BCUT2D eigenvalue weighted by Crippen LogP contribution is 2.19. The van der Waals surface area contributed by atoms with Crippen LogP contribution in [0, 0.1) is 17.2 Å². The molecule has 1 aliphatic heterocycles. The number of ether oxygens (including phenoxy) is 1. The zero-order valence-corrected chi connectivity index (χ0v) is 17.7. The molecular weight excluding hydrogens is 380 g/mol. The van der Waals surface area contributed by atoms with Gasteiger partial charge in [0.1, 0.15) is 11.3 Å². The largest absolute Gasteiger partial charge is 0.497 e. The van der Waals surface area contributed by atoms with E-state index in [2.05, 4.69) is 11.4 Å². The van der Waals surface area contributed by atoms with Gasteiger partial charge in [-0.05, 0) is 37.1 Å². The first kappa shape index (κ1) is 22.1. The number of quaternary nitrogens is 1. The van der Waals surface area contributed by atoms with Crippen LogP contribution < -0.4 is 15.0 Å². The van der Waals surface area contributed by atoms with E-state index >= 15 is 0 Å². The predicted octanol–water partition coefficient (Wildman–Crippen LogP) is -0.361. The van der Waals surface area contributed by atoms with Crippen LogP contribution in [0.2, 0.25) is 0 Å². The summed E-state index contributed by atoms with van der Waals surface area (Å²) in [5.41, 5.74) is -0.907. The van der Waals surface area contributed by atoms with Crippen molar-refractivity contribution >= 4 is 15.9 Å². The summed E-state index contributed by atoms with van der Waals surface area (Å²) in [6, 6.07) is 8.49. The second-order valence-corrected chi connectivity index (χ2v) is 9.46. The first-order valence-electron chi connectivity index (χ1n) is 9.32. The van der Waals surface area contributed by atoms with Crippen molar-refractivity contribution in [2.24, 2.45) is 5.92 Å². The summed E-state index contributed by atoms with van der Waals surface area (Å²) in [4.78, 5) is 13.6. The lowest BCUT2D eigenvalue weighted by molar-refractivity contribution is -0.895. The summed E-state index contributed by atoms with van der Waals surface area (Å²) in [6.45, 7) is 7.47. The second kappa shape index (κ2) is 8.90. The van der Waals surface area contributed by atoms with Gasteiger partial charge in [0.15, 0.2) is 6.54 Å². The van der Waals surface area contributed by atoms with Crippen LogP contribution in [0.3, 0.4) is 0 Å². The van der Waals surface area contributed by atoms with E-state index in [9.17, 15) is 18.5 Å². The number of rotatable bonds is 7. The maximum absolute atomic E-state index is 12.8. The van der Waals surface area contributed by atoms with Crippen molar-refractivity contribution < 1.29 is 22.8 Å². The summed E-state index contributed by atoms with van der Waals surface area (Å²) >= 11 is 0. The molecule has 154 valence electrons. The molecule has 2 rings (SSSR count). The number of carbonyl (C=O) groups is 1. The van der Waals surface area contributed by atoms with E-state index in [1.807, 2.05) is 13.8 Å². The lowest BCUT2D eigenvalue weighted by atomic mass is 9.90. The topological polar surface area (TPSA) is 104 Å². The number of amides is 1. The van der Waals surface area contributed by atoms with Gasteiger partial charge in [0, 0.05) is 0 Å². The molecular formula is C19H29N4O4S+. The molecule has 1 aromatic rings. The number of nitrogens with one attached hydrogen (secondary N) is 2. The van der Waals surface area contributed by atoms with Crippen molar-refractivity contribution in [1.82, 2.24) is 9.62 Å². The Balaban J connectivity index is 1.93. The Morgan fingerprint density at radius 2 is 1.89 bits per heavy atom. The molecule has 0 bridgehead atoms. The molecule has 1 saturated heterocycles. The molecule has 0 radical (unpaired) electrons. The van der Waals surface area contributed by atoms with Crippen LogP contribution in [0.1, 0.15) is 20.8 Å². The third-order valence-corrected chi connectivity index (χ3v) is 7.24. The Hall–Kier alpha value is -2.15. The minimum absolute atomic E-state index is 0.0112. The van der Waals surface area contributed by atoms with Gasteiger partial charge in [-0.15, -0.1) is 0 Å². The highest BCUT2D eigenvalue weighted by atomic mass is 32.2. The first-order valence-corrected chi connectivity index (χ1v) is 10.8. The first-order chi connectivity index (χ1) is 13.1. The molecule has 9 heteroatoms. The Labute approximate surface area is 167 Å². The van der Waals surface area contributed by atoms with Crippen molar-refractivity contribution in [1.29, 1.82) is 5.26 Å². The number of nitriles is 1. The molecule has 1 atom stereocenters. The van der Waals surface area contributed by atoms with Crippen LogP contribution in [0.5, 0.6) is 5.75 Å². The molecule has 0 aliphatic carbocycles. The van der Waals surface area contributed by atoms with E-state index < -0.39 is 15.6 Å². The van der Waals surface area contributed by atoms with E-state index in [-0.39, 0.29) is 23.3 Å². The quantitative estimate of drug-likeness (QED) is 0.640. The van der Waals surface area contributed by atoms with Crippen molar-refractivity contribution in [2.45, 2.75) is 31.2 Å². The molecule has 0 unspecified atom stereocenters. The van der Waals surface area contributed by atoms with Gasteiger partial charge in [-0.3, -0.25) is 4.79 Å². The smallest absolute Gasteiger partial charge is 0.276 e. The molecule has 1 amide bonds. The number of hydrogen-bond acceptors (Lipinski definition) is 5. The predicted molar refractivity (Wildman–Crippen MR) is 104 cm³/mol. The average Bonchev–Trinajstić information content (AvgIpc) is 2.68. The fourth-order valence-corrected chi connectivity index (χ4v) is 4.42. The second-order valence-electron chi connectivity index (χ2n) is 7.52. The molecule has 1 aliphatic rings. The van der Waals surface area contributed by atoms with Gasteiger partial charge in [-0.2, -0.15) is 9.57 Å². The summed E-state index contributed by atoms with van der Waals surface area (Å²) in [5.74, 6) is 0.396. The van der Waals surface area contributed by atoms with Crippen LogP contribution in [0.4, 0.5) is 0 Å². The van der Waals surface area contributed by atoms with E-state index in [4.69, 9.17) is 4.74 Å². The Kier molecular flexibility index (Phi) is 7.04. The molecule has 1 heterocycles. The molecule has 1 fully saturated rings. The number of methoxy groups -OCH3 is 1. The van der Waals surface area contributed by atoms with E-state index in [1.165, 1.54) is 23.5 Å². The van der Waals surface area contributed by atoms with Gasteiger partial charge in [-0.1, -0.05) is 13.8 Å². The van der Waals surface area contributed by atoms with E-state index in [0.717, 1.165) is 4.90 Å². The normalized spacial score (nSPS) is 18.3. The highest BCUT2D eigenvalue weighted by Gasteiger charge is 2.34. The van der Waals surface area contributed by atoms with Crippen molar-refractivity contribution in [3.05, 3.63) is 24.3 Å². The lowest BCUT2D eigenvalue weighted by Gasteiger charge is -2.32. The SMILES string of the molecule is COc1ccc(S(=O)(=O)N2CC[NH+](CC(=O)N[C@](C)(C#N)C(C)C)CC2)cc1. The van der Waals surface area contributed by atoms with Gasteiger partial charge < -0.3 is 15.0 Å². The minimum atomic E-state index is -3.56. The zero-order valence-electron chi connectivity index (χ0n) is 16.9. The highest BCUT2D eigenvalue weighted by molar-refractivity contribution is 7.89. The summed E-state index contributed by atoms with van der Waals surface area (Å²) in [7, 11) is -2.03. The molecule has 0 aromatic heterocycles. The average molecular weight is 410 g/mol. The van der Waals surface area contributed by atoms with Crippen LogP contribution in [0.25, 0.3) is 0 Å². The third-order valence-electron chi connectivity index (χ3n) is 5.32. The monoisotopic (exact) mass is 409 g/mol. The standard InChI is InChI=1S/C19H28N4O4S/c1-15(2)19(3,14-20)21-18(24)13-22-9-11-23(12-10-22)28(25,26)17-7-5-16(27-4)6-8-17/h5-8,15H,9-13H2,1-4H3,(H,21,24)/p+1/t19-/m1/s1. The van der Waals surface area contributed by atoms with Gasteiger partial charge >= 0.3 is 0 Å². The Morgan fingerprint density at radius 3 is 2.36 bits per heavy atom. The van der Waals surface area contributed by atoms with E-state index in [0.29, 0.717) is 31.9 Å². The van der Waals surface area contributed by atoms with Gasteiger partial charge in [0.2, 0.25) is 10.0 Å². The zero-order chi connectivity index (χ0) is 20.9. The molecule has 1 aromatic carbocycles. The summed E-state index contributed by atoms with van der Waals surface area (Å²) < 4.78 is 32.1. The Bertz CT molecular complexity index is 824. The number of nitrogens with zero attached hydrogens (tertiary/aromatic N) is 2. The van der Waals surface area contributed by atoms with Gasteiger partial charge in [-0.25, -0.2) is 8.42 Å². The van der Waals surface area contributed by atoms with Crippen LogP contribution in [-0.2, 0) is 14.8 Å². The number of benzene rings is 1. The molecule has 8 nitrogen and oxygen atoms in total. The number of piperazine rings is 1. The number of carbonyl (C=O) groups excluding carboxylic acids is 1. The van der Waals surface area contributed by atoms with Crippen molar-refractivity contribution in [3.8, 4) is 11.8 Å². The summed E-state index contributed by atoms with van der Waals surface area (Å²) in [6.07, 6.45) is 0. The fourth-order valence-electron chi connectivity index (χ4n) is 2.98. The van der Waals surface area contributed by atoms with Crippen molar-refractivity contribution in [3.63, 3.8) is 0 Å². The van der Waals surface area contributed by atoms with Gasteiger partial charge in [0.05, 0.1) is 44.3 Å². The van der Waals surface area contributed by atoms with E-state index in [1.54, 1.807) is 19.1 Å². The molecule has 2 N–H and O–H groups in total. The summed E-state index contributed by atoms with van der Waals surface area (Å²) in [5, 5.41) is 12.1.